The van der Waals surface area contributed by atoms with E-state index in [4.69, 9.17) is 9.47 Å². The molecule has 2 N–H and O–H groups in total. The van der Waals surface area contributed by atoms with Gasteiger partial charge in [-0.05, 0) is 31.5 Å². The quantitative estimate of drug-likeness (QED) is 0.762. The Morgan fingerprint density at radius 3 is 2.33 bits per heavy atom. The van der Waals surface area contributed by atoms with Gasteiger partial charge in [0.15, 0.2) is 6.10 Å². The summed E-state index contributed by atoms with van der Waals surface area (Å²) in [6.45, 7) is 3.44. The van der Waals surface area contributed by atoms with E-state index in [1.807, 2.05) is 19.1 Å². The number of amides is 3. The number of hydrogen-bond acceptors (Lipinski definition) is 5. The zero-order valence-corrected chi connectivity index (χ0v) is 15.4. The number of imide groups is 1. The molecule has 7 nitrogen and oxygen atoms in total. The van der Waals surface area contributed by atoms with Gasteiger partial charge in [0.05, 0.1) is 0 Å². The predicted octanol–water partition coefficient (Wildman–Crippen LogP) is 2.50. The van der Waals surface area contributed by atoms with Crippen LogP contribution in [0.4, 0.5) is 4.79 Å². The van der Waals surface area contributed by atoms with Crippen LogP contribution in [0.2, 0.25) is 0 Å². The van der Waals surface area contributed by atoms with Crippen LogP contribution >= 0.6 is 0 Å². The molecule has 0 radical (unpaired) electrons. The maximum Gasteiger partial charge on any atom is 0.348 e. The van der Waals surface area contributed by atoms with Gasteiger partial charge in [-0.1, -0.05) is 42.5 Å². The highest BCUT2D eigenvalue weighted by atomic mass is 16.6. The lowest BCUT2D eigenvalue weighted by Crippen LogP contribution is -2.42. The number of hydrogen-bond donors (Lipinski definition) is 2. The molecule has 0 aliphatic rings. The van der Waals surface area contributed by atoms with E-state index in [1.165, 1.54) is 14.0 Å². The first-order valence-electron chi connectivity index (χ1n) is 8.42. The molecule has 0 unspecified atom stereocenters. The molecule has 7 heteroatoms. The van der Waals surface area contributed by atoms with Crippen LogP contribution in [0.1, 0.15) is 24.2 Å². The fraction of sp³-hybridized carbons (Fsp3) is 0.250. The second kappa shape index (κ2) is 9.38. The molecule has 0 saturated heterocycles. The molecule has 0 aromatic heterocycles. The number of esters is 1. The van der Waals surface area contributed by atoms with E-state index in [1.54, 1.807) is 42.5 Å². The summed E-state index contributed by atoms with van der Waals surface area (Å²) in [6.07, 6.45) is -2.22. The Kier molecular flexibility index (Phi) is 6.93. The summed E-state index contributed by atoms with van der Waals surface area (Å²) in [6, 6.07) is 15.0. The van der Waals surface area contributed by atoms with Gasteiger partial charge in [-0.25, -0.2) is 9.59 Å². The smallest absolute Gasteiger partial charge is 0.348 e. The van der Waals surface area contributed by atoms with Gasteiger partial charge in [-0.2, -0.15) is 0 Å². The monoisotopic (exact) mass is 370 g/mol. The Bertz CT molecular complexity index is 807. The third-order valence-electron chi connectivity index (χ3n) is 3.67. The van der Waals surface area contributed by atoms with Crippen molar-refractivity contribution in [3.8, 4) is 5.75 Å². The van der Waals surface area contributed by atoms with E-state index in [0.717, 1.165) is 5.56 Å². The molecule has 0 bridgehead atoms. The van der Waals surface area contributed by atoms with E-state index in [2.05, 4.69) is 10.6 Å². The summed E-state index contributed by atoms with van der Waals surface area (Å²) in [5, 5.41) is 4.40. The normalized spacial score (nSPS) is 12.4. The van der Waals surface area contributed by atoms with Crippen LogP contribution in [0.3, 0.4) is 0 Å². The number of ether oxygens (including phenoxy) is 2. The molecular weight excluding hydrogens is 348 g/mol. The molecule has 0 saturated carbocycles. The molecular formula is C20H22N2O5. The third-order valence-corrected chi connectivity index (χ3v) is 3.67. The van der Waals surface area contributed by atoms with Crippen molar-refractivity contribution < 1.29 is 23.9 Å². The van der Waals surface area contributed by atoms with E-state index in [-0.39, 0.29) is 0 Å². The number of rotatable bonds is 6. The van der Waals surface area contributed by atoms with Crippen LogP contribution in [-0.4, -0.2) is 31.1 Å². The summed E-state index contributed by atoms with van der Waals surface area (Å²) in [7, 11) is 1.38. The fourth-order valence-corrected chi connectivity index (χ4v) is 2.29. The average Bonchev–Trinajstić information content (AvgIpc) is 2.66. The van der Waals surface area contributed by atoms with Crippen LogP contribution in [-0.2, 0) is 14.3 Å². The Morgan fingerprint density at radius 1 is 1.00 bits per heavy atom. The van der Waals surface area contributed by atoms with E-state index in [0.29, 0.717) is 11.3 Å². The predicted molar refractivity (Wildman–Crippen MR) is 99.1 cm³/mol. The minimum absolute atomic E-state index is 0.440. The van der Waals surface area contributed by atoms with Crippen molar-refractivity contribution in [1.82, 2.24) is 10.6 Å². The molecule has 2 atom stereocenters. The Morgan fingerprint density at radius 2 is 1.70 bits per heavy atom. The zero-order chi connectivity index (χ0) is 19.8. The van der Waals surface area contributed by atoms with E-state index < -0.39 is 30.1 Å². The lowest BCUT2D eigenvalue weighted by Gasteiger charge is -2.20. The maximum absolute atomic E-state index is 12.4. The van der Waals surface area contributed by atoms with Gasteiger partial charge in [0.25, 0.3) is 5.91 Å². The van der Waals surface area contributed by atoms with Gasteiger partial charge in [-0.15, -0.1) is 0 Å². The standard InChI is InChI=1S/C20H22N2O5/c1-13-8-7-11-16(12-13)26-14(2)19(24)27-17(15-9-5-4-6-10-15)18(23)22-20(25)21-3/h4-12,14,17H,1-3H3,(H2,21,22,23,25)/t14-,17-/m1/s1. The van der Waals surface area contributed by atoms with Crippen molar-refractivity contribution in [2.75, 3.05) is 7.05 Å². The molecule has 3 amide bonds. The van der Waals surface area contributed by atoms with E-state index >= 15 is 0 Å². The van der Waals surface area contributed by atoms with Crippen molar-refractivity contribution in [2.45, 2.75) is 26.1 Å². The number of urea groups is 1. The molecule has 0 aliphatic heterocycles. The Balaban J connectivity index is 2.12. The molecule has 0 spiro atoms. The first-order valence-corrected chi connectivity index (χ1v) is 8.42. The largest absolute Gasteiger partial charge is 0.479 e. The van der Waals surface area contributed by atoms with Crippen molar-refractivity contribution in [3.05, 3.63) is 65.7 Å². The van der Waals surface area contributed by atoms with Gasteiger partial charge >= 0.3 is 12.0 Å². The summed E-state index contributed by atoms with van der Waals surface area (Å²) in [4.78, 5) is 36.3. The highest BCUT2D eigenvalue weighted by molar-refractivity contribution is 5.97. The summed E-state index contributed by atoms with van der Waals surface area (Å²) in [5.41, 5.74) is 1.43. The SMILES string of the molecule is CNC(=O)NC(=O)[C@H](OC(=O)[C@@H](C)Oc1cccc(C)c1)c1ccccc1. The lowest BCUT2D eigenvalue weighted by atomic mass is 10.1. The lowest BCUT2D eigenvalue weighted by molar-refractivity contribution is -0.162. The van der Waals surface area contributed by atoms with Crippen LogP contribution in [0.5, 0.6) is 5.75 Å². The Hall–Kier alpha value is -3.35. The third kappa shape index (κ3) is 5.85. The van der Waals surface area contributed by atoms with Crippen molar-refractivity contribution >= 4 is 17.9 Å². The van der Waals surface area contributed by atoms with Gasteiger partial charge in [-0.3, -0.25) is 10.1 Å². The number of carbonyl (C=O) groups excluding carboxylic acids is 3. The van der Waals surface area contributed by atoms with Crippen LogP contribution < -0.4 is 15.4 Å². The fourth-order valence-electron chi connectivity index (χ4n) is 2.29. The van der Waals surface area contributed by atoms with Crippen molar-refractivity contribution in [3.63, 3.8) is 0 Å². The van der Waals surface area contributed by atoms with Gasteiger partial charge in [0.2, 0.25) is 6.10 Å². The van der Waals surface area contributed by atoms with E-state index in [9.17, 15) is 14.4 Å². The zero-order valence-electron chi connectivity index (χ0n) is 15.4. The van der Waals surface area contributed by atoms with Crippen molar-refractivity contribution in [2.24, 2.45) is 0 Å². The number of nitrogens with one attached hydrogen (secondary N) is 2. The molecule has 2 aromatic carbocycles. The summed E-state index contributed by atoms with van der Waals surface area (Å²) in [5.74, 6) is -0.959. The second-order valence-corrected chi connectivity index (χ2v) is 5.87. The van der Waals surface area contributed by atoms with Gasteiger partial charge < -0.3 is 14.8 Å². The van der Waals surface area contributed by atoms with Gasteiger partial charge in [0, 0.05) is 12.6 Å². The summed E-state index contributed by atoms with van der Waals surface area (Å²) < 4.78 is 10.9. The van der Waals surface area contributed by atoms with Gasteiger partial charge in [0.1, 0.15) is 5.75 Å². The number of aryl methyl sites for hydroxylation is 1. The minimum atomic E-state index is -1.28. The molecule has 0 heterocycles. The number of benzene rings is 2. The highest BCUT2D eigenvalue weighted by Crippen LogP contribution is 2.20. The molecule has 27 heavy (non-hydrogen) atoms. The molecule has 2 rings (SSSR count). The first kappa shape index (κ1) is 20.0. The van der Waals surface area contributed by atoms with Crippen LogP contribution in [0.25, 0.3) is 0 Å². The molecule has 0 aliphatic carbocycles. The minimum Gasteiger partial charge on any atom is -0.479 e. The topological polar surface area (TPSA) is 93.7 Å². The molecule has 0 fully saturated rings. The van der Waals surface area contributed by atoms with Crippen LogP contribution in [0, 0.1) is 6.92 Å². The highest BCUT2D eigenvalue weighted by Gasteiger charge is 2.29. The molecule has 2 aromatic rings. The summed E-state index contributed by atoms with van der Waals surface area (Å²) >= 11 is 0. The maximum atomic E-state index is 12.4. The molecule has 142 valence electrons. The second-order valence-electron chi connectivity index (χ2n) is 5.87. The number of carbonyl (C=O) groups is 3. The van der Waals surface area contributed by atoms with Crippen molar-refractivity contribution in [1.29, 1.82) is 0 Å². The Labute approximate surface area is 157 Å². The van der Waals surface area contributed by atoms with Crippen LogP contribution in [0.15, 0.2) is 54.6 Å². The first-order chi connectivity index (χ1) is 12.9. The average molecular weight is 370 g/mol.